The van der Waals surface area contributed by atoms with Crippen molar-refractivity contribution in [1.29, 1.82) is 0 Å². The molecule has 0 N–H and O–H groups in total. The van der Waals surface area contributed by atoms with E-state index in [4.69, 9.17) is 14.5 Å². The van der Waals surface area contributed by atoms with Crippen LogP contribution in [0.1, 0.15) is 12.6 Å². The topological polar surface area (TPSA) is 58.1 Å². The highest BCUT2D eigenvalue weighted by molar-refractivity contribution is 7.13. The van der Waals surface area contributed by atoms with E-state index in [1.165, 1.54) is 0 Å². The summed E-state index contributed by atoms with van der Waals surface area (Å²) in [6.07, 6.45) is -0.482. The number of hydrogen-bond donors (Lipinski definition) is 0. The van der Waals surface area contributed by atoms with E-state index in [1.54, 1.807) is 11.3 Å². The lowest BCUT2D eigenvalue weighted by molar-refractivity contribution is -0.138. The number of piperazine rings is 1. The first kappa shape index (κ1) is 20.1. The number of thiazole rings is 1. The molecule has 2 aliphatic rings. The third-order valence-corrected chi connectivity index (χ3v) is 6.24. The molecule has 1 aromatic carbocycles. The molecule has 1 atom stereocenters. The Bertz CT molecular complexity index is 786. The predicted molar refractivity (Wildman–Crippen MR) is 114 cm³/mol. The van der Waals surface area contributed by atoms with Crippen LogP contribution in [0.25, 0.3) is 0 Å². The molecule has 2 aliphatic heterocycles. The lowest BCUT2D eigenvalue weighted by Crippen LogP contribution is -2.52. The molecule has 0 radical (unpaired) electrons. The largest absolute Gasteiger partial charge is 0.481 e. The Morgan fingerprint density at radius 3 is 2.59 bits per heavy atom. The summed E-state index contributed by atoms with van der Waals surface area (Å²) < 4.78 is 11.2. The van der Waals surface area contributed by atoms with Crippen molar-refractivity contribution in [3.63, 3.8) is 0 Å². The maximum Gasteiger partial charge on any atom is 0.263 e. The highest BCUT2D eigenvalue weighted by atomic mass is 32.1. The lowest BCUT2D eigenvalue weighted by atomic mass is 10.2. The fraction of sp³-hybridized carbons (Fsp3) is 0.524. The van der Waals surface area contributed by atoms with Crippen molar-refractivity contribution in [2.45, 2.75) is 19.6 Å². The SMILES string of the molecule is C[C@H](Oc1ccccc1)C(=O)N1CCN(c2nc(CN3CCOCC3)cs2)CC1. The Labute approximate surface area is 175 Å². The molecule has 29 heavy (non-hydrogen) atoms. The van der Waals surface area contributed by atoms with Crippen molar-refractivity contribution in [3.05, 3.63) is 41.4 Å². The van der Waals surface area contributed by atoms with Gasteiger partial charge in [0, 0.05) is 51.2 Å². The van der Waals surface area contributed by atoms with Gasteiger partial charge in [-0.1, -0.05) is 18.2 Å². The number of amides is 1. The van der Waals surface area contributed by atoms with Gasteiger partial charge >= 0.3 is 0 Å². The Kier molecular flexibility index (Phi) is 6.63. The molecule has 2 saturated heterocycles. The zero-order valence-corrected chi connectivity index (χ0v) is 17.6. The number of benzene rings is 1. The van der Waals surface area contributed by atoms with E-state index in [-0.39, 0.29) is 5.91 Å². The molecule has 0 aliphatic carbocycles. The van der Waals surface area contributed by atoms with E-state index < -0.39 is 6.10 Å². The van der Waals surface area contributed by atoms with E-state index in [0.717, 1.165) is 62.5 Å². The summed E-state index contributed by atoms with van der Waals surface area (Å²) in [5, 5.41) is 3.20. The van der Waals surface area contributed by atoms with Crippen LogP contribution in [0, 0.1) is 0 Å². The van der Waals surface area contributed by atoms with Crippen molar-refractivity contribution in [3.8, 4) is 5.75 Å². The summed E-state index contributed by atoms with van der Waals surface area (Å²) in [5.41, 5.74) is 1.12. The predicted octanol–water partition coefficient (Wildman–Crippen LogP) is 2.09. The molecular weight excluding hydrogens is 388 g/mol. The van der Waals surface area contributed by atoms with Gasteiger partial charge in [0.1, 0.15) is 5.75 Å². The van der Waals surface area contributed by atoms with Crippen molar-refractivity contribution < 1.29 is 14.3 Å². The van der Waals surface area contributed by atoms with Gasteiger partial charge in [-0.05, 0) is 19.1 Å². The summed E-state index contributed by atoms with van der Waals surface area (Å²) in [6.45, 7) is 9.24. The normalized spacial score (nSPS) is 19.2. The van der Waals surface area contributed by atoms with Gasteiger partial charge in [-0.2, -0.15) is 0 Å². The number of anilines is 1. The van der Waals surface area contributed by atoms with Gasteiger partial charge in [-0.25, -0.2) is 4.98 Å². The maximum absolute atomic E-state index is 12.7. The standard InChI is InChI=1S/C21H28N4O3S/c1-17(28-19-5-3-2-4-6-19)20(26)24-7-9-25(10-8-24)21-22-18(16-29-21)15-23-11-13-27-14-12-23/h2-6,16-17H,7-15H2,1H3/t17-/m0/s1. The van der Waals surface area contributed by atoms with Gasteiger partial charge in [0.25, 0.3) is 5.91 Å². The molecule has 4 rings (SSSR count). The average molecular weight is 417 g/mol. The van der Waals surface area contributed by atoms with Gasteiger partial charge in [0.15, 0.2) is 11.2 Å². The second kappa shape index (κ2) is 9.56. The smallest absolute Gasteiger partial charge is 0.263 e. The zero-order chi connectivity index (χ0) is 20.1. The molecule has 2 aromatic rings. The van der Waals surface area contributed by atoms with Crippen LogP contribution in [0.4, 0.5) is 5.13 Å². The summed E-state index contributed by atoms with van der Waals surface area (Å²) in [5.74, 6) is 0.767. The molecule has 3 heterocycles. The fourth-order valence-corrected chi connectivity index (χ4v) is 4.50. The molecule has 0 bridgehead atoms. The number of aromatic nitrogens is 1. The van der Waals surface area contributed by atoms with Crippen LogP contribution in [0.15, 0.2) is 35.7 Å². The van der Waals surface area contributed by atoms with E-state index >= 15 is 0 Å². The van der Waals surface area contributed by atoms with E-state index in [0.29, 0.717) is 13.1 Å². The Hall–Kier alpha value is -2.16. The number of carbonyl (C=O) groups excluding carboxylic acids is 1. The minimum Gasteiger partial charge on any atom is -0.481 e. The summed E-state index contributed by atoms with van der Waals surface area (Å²) in [6, 6.07) is 9.50. The number of morpholine rings is 1. The number of carbonyl (C=O) groups is 1. The molecule has 1 aromatic heterocycles. The Balaban J connectivity index is 1.26. The number of para-hydroxylation sites is 1. The molecule has 7 nitrogen and oxygen atoms in total. The van der Waals surface area contributed by atoms with Gasteiger partial charge in [0.2, 0.25) is 0 Å². The molecular formula is C21H28N4O3S. The van der Waals surface area contributed by atoms with Crippen molar-refractivity contribution in [2.75, 3.05) is 57.4 Å². The highest BCUT2D eigenvalue weighted by Gasteiger charge is 2.27. The fourth-order valence-electron chi connectivity index (χ4n) is 3.63. The minimum atomic E-state index is -0.482. The molecule has 0 saturated carbocycles. The van der Waals surface area contributed by atoms with Crippen molar-refractivity contribution in [2.24, 2.45) is 0 Å². The lowest BCUT2D eigenvalue weighted by Gasteiger charge is -2.35. The first-order chi connectivity index (χ1) is 14.2. The van der Waals surface area contributed by atoms with Crippen molar-refractivity contribution in [1.82, 2.24) is 14.8 Å². The first-order valence-corrected chi connectivity index (χ1v) is 11.1. The minimum absolute atomic E-state index is 0.0423. The van der Waals surface area contributed by atoms with Crippen LogP contribution in [-0.2, 0) is 16.1 Å². The van der Waals surface area contributed by atoms with Crippen LogP contribution in [0.5, 0.6) is 5.75 Å². The summed E-state index contributed by atoms with van der Waals surface area (Å²) >= 11 is 1.69. The number of rotatable bonds is 6. The number of nitrogens with zero attached hydrogens (tertiary/aromatic N) is 4. The third kappa shape index (κ3) is 5.26. The quantitative estimate of drug-likeness (QED) is 0.719. The van der Waals surface area contributed by atoms with Crippen LogP contribution < -0.4 is 9.64 Å². The van der Waals surface area contributed by atoms with Gasteiger partial charge in [-0.15, -0.1) is 11.3 Å². The van der Waals surface area contributed by atoms with Crippen molar-refractivity contribution >= 4 is 22.4 Å². The molecule has 156 valence electrons. The Morgan fingerprint density at radius 2 is 1.86 bits per heavy atom. The number of ether oxygens (including phenoxy) is 2. The molecule has 1 amide bonds. The maximum atomic E-state index is 12.7. The first-order valence-electron chi connectivity index (χ1n) is 10.2. The van der Waals surface area contributed by atoms with E-state index in [9.17, 15) is 4.79 Å². The van der Waals surface area contributed by atoms with Gasteiger partial charge in [0.05, 0.1) is 18.9 Å². The highest BCUT2D eigenvalue weighted by Crippen LogP contribution is 2.23. The van der Waals surface area contributed by atoms with Crippen LogP contribution >= 0.6 is 11.3 Å². The second-order valence-electron chi connectivity index (χ2n) is 7.40. The van der Waals surface area contributed by atoms with Gasteiger partial charge < -0.3 is 19.3 Å². The zero-order valence-electron chi connectivity index (χ0n) is 16.8. The molecule has 0 spiro atoms. The van der Waals surface area contributed by atoms with E-state index in [2.05, 4.69) is 15.2 Å². The molecule has 0 unspecified atom stereocenters. The van der Waals surface area contributed by atoms with Crippen LogP contribution in [-0.4, -0.2) is 79.3 Å². The monoisotopic (exact) mass is 416 g/mol. The Morgan fingerprint density at radius 1 is 1.14 bits per heavy atom. The summed E-state index contributed by atoms with van der Waals surface area (Å²) in [4.78, 5) is 24.1. The summed E-state index contributed by atoms with van der Waals surface area (Å²) in [7, 11) is 0. The van der Waals surface area contributed by atoms with Crippen LogP contribution in [0.3, 0.4) is 0 Å². The molecule has 2 fully saturated rings. The van der Waals surface area contributed by atoms with E-state index in [1.807, 2.05) is 42.2 Å². The number of hydrogen-bond acceptors (Lipinski definition) is 7. The van der Waals surface area contributed by atoms with Gasteiger partial charge in [-0.3, -0.25) is 9.69 Å². The average Bonchev–Trinajstić information content (AvgIpc) is 3.23. The third-order valence-electron chi connectivity index (χ3n) is 5.29. The molecule has 8 heteroatoms. The van der Waals surface area contributed by atoms with Crippen LogP contribution in [0.2, 0.25) is 0 Å². The second-order valence-corrected chi connectivity index (χ2v) is 8.23.